The predicted octanol–water partition coefficient (Wildman–Crippen LogP) is 6.36. The maximum Gasteiger partial charge on any atom is 0.291 e. The number of nitrogens with zero attached hydrogens (tertiary/aromatic N) is 1. The molecule has 0 fully saturated rings. The average molecular weight is 409 g/mol. The van der Waals surface area contributed by atoms with E-state index in [1.165, 1.54) is 0 Å². The van der Waals surface area contributed by atoms with Crippen molar-refractivity contribution in [2.75, 3.05) is 5.32 Å². The summed E-state index contributed by atoms with van der Waals surface area (Å²) in [5, 5.41) is 6.00. The van der Waals surface area contributed by atoms with E-state index in [2.05, 4.69) is 16.4 Å². The Hall–Kier alpha value is -2.57. The zero-order chi connectivity index (χ0) is 19.7. The van der Waals surface area contributed by atoms with Crippen molar-refractivity contribution < 1.29 is 9.21 Å². The highest BCUT2D eigenvalue weighted by Crippen LogP contribution is 2.33. The molecular weight excluding hydrogens is 388 g/mol. The van der Waals surface area contributed by atoms with E-state index in [1.807, 2.05) is 62.5 Å². The number of aryl methyl sites for hydroxylation is 3. The van der Waals surface area contributed by atoms with Crippen LogP contribution in [0.25, 0.3) is 11.0 Å². The van der Waals surface area contributed by atoms with Gasteiger partial charge in [-0.05, 0) is 38.5 Å². The van der Waals surface area contributed by atoms with Gasteiger partial charge in [0.25, 0.3) is 5.91 Å². The molecule has 1 N–H and O–H groups in total. The number of aromatic nitrogens is 1. The van der Waals surface area contributed by atoms with Crippen LogP contribution >= 0.6 is 23.1 Å². The molecule has 0 aliphatic heterocycles. The van der Waals surface area contributed by atoms with Crippen LogP contribution in [-0.2, 0) is 5.75 Å². The second kappa shape index (κ2) is 7.81. The summed E-state index contributed by atoms with van der Waals surface area (Å²) in [6.45, 7) is 6.01. The largest absolute Gasteiger partial charge is 0.451 e. The van der Waals surface area contributed by atoms with E-state index in [0.29, 0.717) is 11.5 Å². The van der Waals surface area contributed by atoms with Crippen molar-refractivity contribution in [2.24, 2.45) is 0 Å². The highest BCUT2D eigenvalue weighted by molar-refractivity contribution is 8.00. The molecule has 0 unspecified atom stereocenters. The Morgan fingerprint density at radius 3 is 2.75 bits per heavy atom. The Morgan fingerprint density at radius 2 is 2.00 bits per heavy atom. The number of benzene rings is 2. The molecule has 0 saturated carbocycles. The van der Waals surface area contributed by atoms with Crippen molar-refractivity contribution in [2.45, 2.75) is 30.9 Å². The highest BCUT2D eigenvalue weighted by Gasteiger charge is 2.21. The molecule has 0 atom stereocenters. The Kier molecular flexibility index (Phi) is 5.24. The van der Waals surface area contributed by atoms with Gasteiger partial charge in [0.05, 0.1) is 0 Å². The number of rotatable bonds is 5. The third-order valence-corrected chi connectivity index (χ3v) is 6.64. The van der Waals surface area contributed by atoms with Gasteiger partial charge in [-0.25, -0.2) is 4.98 Å². The fourth-order valence-electron chi connectivity index (χ4n) is 3.09. The van der Waals surface area contributed by atoms with E-state index in [9.17, 15) is 4.79 Å². The maximum absolute atomic E-state index is 13.0. The fourth-order valence-corrected chi connectivity index (χ4v) is 4.97. The van der Waals surface area contributed by atoms with Crippen molar-refractivity contribution in [1.29, 1.82) is 0 Å². The summed E-state index contributed by atoms with van der Waals surface area (Å²) >= 11 is 3.24. The SMILES string of the molecule is Cc1ccc(NC(=O)c2oc3ccccc3c2CSc2nc(C)cs2)c(C)c1. The van der Waals surface area contributed by atoms with Crippen molar-refractivity contribution in [3.8, 4) is 0 Å². The molecule has 0 bridgehead atoms. The van der Waals surface area contributed by atoms with Crippen molar-refractivity contribution in [3.05, 3.63) is 76.0 Å². The van der Waals surface area contributed by atoms with E-state index in [0.717, 1.165) is 43.4 Å². The number of nitrogens with one attached hydrogen (secondary N) is 1. The van der Waals surface area contributed by atoms with Crippen LogP contribution in [0.4, 0.5) is 5.69 Å². The molecule has 142 valence electrons. The van der Waals surface area contributed by atoms with Crippen LogP contribution in [0.2, 0.25) is 0 Å². The molecule has 4 rings (SSSR count). The van der Waals surface area contributed by atoms with Gasteiger partial charge in [-0.15, -0.1) is 11.3 Å². The summed E-state index contributed by atoms with van der Waals surface area (Å²) in [6.07, 6.45) is 0. The summed E-state index contributed by atoms with van der Waals surface area (Å²) < 4.78 is 6.94. The van der Waals surface area contributed by atoms with E-state index >= 15 is 0 Å². The topological polar surface area (TPSA) is 55.1 Å². The third-order valence-electron chi connectivity index (χ3n) is 4.47. The zero-order valence-electron chi connectivity index (χ0n) is 15.9. The molecule has 0 spiro atoms. The Bertz CT molecular complexity index is 1160. The Morgan fingerprint density at radius 1 is 1.18 bits per heavy atom. The molecule has 0 aliphatic rings. The fraction of sp³-hybridized carbons (Fsp3) is 0.182. The van der Waals surface area contributed by atoms with Crippen molar-refractivity contribution in [1.82, 2.24) is 4.98 Å². The number of anilines is 1. The quantitative estimate of drug-likeness (QED) is 0.390. The minimum absolute atomic E-state index is 0.228. The van der Waals surface area contributed by atoms with Gasteiger partial charge in [-0.1, -0.05) is 47.7 Å². The lowest BCUT2D eigenvalue weighted by molar-refractivity contribution is 0.0997. The summed E-state index contributed by atoms with van der Waals surface area (Å²) in [4.78, 5) is 17.5. The van der Waals surface area contributed by atoms with Crippen LogP contribution in [0.15, 0.2) is 56.6 Å². The standard InChI is InChI=1S/C22H20N2O2S2/c1-13-8-9-18(14(2)10-13)24-21(25)20-17(12-28-22-23-15(3)11-27-22)16-6-4-5-7-19(16)26-20/h4-11H,12H2,1-3H3,(H,24,25). The van der Waals surface area contributed by atoms with Gasteiger partial charge < -0.3 is 9.73 Å². The van der Waals surface area contributed by atoms with Crippen LogP contribution in [0, 0.1) is 20.8 Å². The lowest BCUT2D eigenvalue weighted by Gasteiger charge is -2.09. The minimum Gasteiger partial charge on any atom is -0.451 e. The summed E-state index contributed by atoms with van der Waals surface area (Å²) in [7, 11) is 0. The first-order valence-electron chi connectivity index (χ1n) is 8.95. The molecule has 4 nitrogen and oxygen atoms in total. The first-order valence-corrected chi connectivity index (χ1v) is 10.8. The van der Waals surface area contributed by atoms with Gasteiger partial charge in [0.2, 0.25) is 0 Å². The Labute approximate surface area is 172 Å². The molecule has 2 aromatic heterocycles. The van der Waals surface area contributed by atoms with E-state index in [1.54, 1.807) is 23.1 Å². The highest BCUT2D eigenvalue weighted by atomic mass is 32.2. The second-order valence-electron chi connectivity index (χ2n) is 6.72. The number of carbonyl (C=O) groups is 1. The van der Waals surface area contributed by atoms with E-state index in [4.69, 9.17) is 4.42 Å². The van der Waals surface area contributed by atoms with Crippen LogP contribution in [0.1, 0.15) is 32.9 Å². The third kappa shape index (κ3) is 3.84. The zero-order valence-corrected chi connectivity index (χ0v) is 17.5. The first kappa shape index (κ1) is 18.8. The van der Waals surface area contributed by atoms with Gasteiger partial charge in [0.1, 0.15) is 9.92 Å². The molecular formula is C22H20N2O2S2. The van der Waals surface area contributed by atoms with Gasteiger partial charge in [-0.2, -0.15) is 0 Å². The molecule has 6 heteroatoms. The Balaban J connectivity index is 1.66. The number of para-hydroxylation sites is 1. The van der Waals surface area contributed by atoms with Crippen LogP contribution < -0.4 is 5.32 Å². The number of hydrogen-bond donors (Lipinski definition) is 1. The number of carbonyl (C=O) groups excluding carboxylic acids is 1. The van der Waals surface area contributed by atoms with Gasteiger partial charge in [0, 0.05) is 33.5 Å². The normalized spacial score (nSPS) is 11.1. The smallest absolute Gasteiger partial charge is 0.291 e. The minimum atomic E-state index is -0.228. The number of fused-ring (bicyclic) bond motifs is 1. The molecule has 28 heavy (non-hydrogen) atoms. The molecule has 2 heterocycles. The van der Waals surface area contributed by atoms with E-state index in [-0.39, 0.29) is 5.91 Å². The number of furan rings is 1. The van der Waals surface area contributed by atoms with Crippen LogP contribution in [-0.4, -0.2) is 10.9 Å². The number of hydrogen-bond acceptors (Lipinski definition) is 5. The maximum atomic E-state index is 13.0. The molecule has 2 aromatic carbocycles. The van der Waals surface area contributed by atoms with Gasteiger partial charge in [0.15, 0.2) is 5.76 Å². The molecule has 0 aliphatic carbocycles. The van der Waals surface area contributed by atoms with Crippen molar-refractivity contribution >= 4 is 45.7 Å². The molecule has 0 saturated heterocycles. The first-order chi connectivity index (χ1) is 13.5. The summed E-state index contributed by atoms with van der Waals surface area (Å²) in [5.41, 5.74) is 5.62. The molecule has 0 radical (unpaired) electrons. The number of thioether (sulfide) groups is 1. The number of amides is 1. The molecule has 4 aromatic rings. The predicted molar refractivity (Wildman–Crippen MR) is 116 cm³/mol. The van der Waals surface area contributed by atoms with Gasteiger partial charge in [-0.3, -0.25) is 4.79 Å². The van der Waals surface area contributed by atoms with E-state index < -0.39 is 0 Å². The summed E-state index contributed by atoms with van der Waals surface area (Å²) in [6, 6.07) is 13.7. The monoisotopic (exact) mass is 408 g/mol. The van der Waals surface area contributed by atoms with Crippen LogP contribution in [0.3, 0.4) is 0 Å². The lowest BCUT2D eigenvalue weighted by atomic mass is 10.1. The average Bonchev–Trinajstić information content (AvgIpc) is 3.25. The molecule has 1 amide bonds. The van der Waals surface area contributed by atoms with Crippen molar-refractivity contribution in [3.63, 3.8) is 0 Å². The summed E-state index contributed by atoms with van der Waals surface area (Å²) in [5.74, 6) is 0.760. The van der Waals surface area contributed by atoms with Gasteiger partial charge >= 0.3 is 0 Å². The van der Waals surface area contributed by atoms with Crippen LogP contribution in [0.5, 0.6) is 0 Å². The lowest BCUT2D eigenvalue weighted by Crippen LogP contribution is -2.13. The number of thiazole rings is 1. The second-order valence-corrected chi connectivity index (χ2v) is 8.80.